The maximum atomic E-state index is 5.30. The van der Waals surface area contributed by atoms with E-state index in [0.29, 0.717) is 11.7 Å². The fraction of sp³-hybridized carbons (Fsp3) is 0.400. The zero-order chi connectivity index (χ0) is 12.4. The van der Waals surface area contributed by atoms with Crippen LogP contribution in [0.2, 0.25) is 0 Å². The predicted octanol–water partition coefficient (Wildman–Crippen LogP) is -0.331. The Balaban J connectivity index is 2.50. The van der Waals surface area contributed by atoms with Gasteiger partial charge in [-0.25, -0.2) is 9.56 Å². The van der Waals surface area contributed by atoms with Crippen LogP contribution in [-0.4, -0.2) is 58.9 Å². The van der Waals surface area contributed by atoms with E-state index >= 15 is 0 Å². The number of aromatic nitrogens is 4. The van der Waals surface area contributed by atoms with Crippen LogP contribution in [0.3, 0.4) is 0 Å². The van der Waals surface area contributed by atoms with Gasteiger partial charge in [0.1, 0.15) is 12.6 Å². The van der Waals surface area contributed by atoms with Gasteiger partial charge >= 0.3 is 6.02 Å². The summed E-state index contributed by atoms with van der Waals surface area (Å²) in [5.74, 6) is 0. The van der Waals surface area contributed by atoms with Crippen molar-refractivity contribution in [1.82, 2.24) is 20.1 Å². The first-order chi connectivity index (χ1) is 8.15. The lowest BCUT2D eigenvalue weighted by Crippen LogP contribution is -2.42. The Labute approximate surface area is 98.9 Å². The molecule has 0 unspecified atom stereocenters. The standard InChI is InChI=1S/C10H15N6O/c1-14(2)10(17-4)15(3)16-9-8(12-13-16)6-5-7-11-9/h5-7H,1-4H3/q+1. The van der Waals surface area contributed by atoms with E-state index in [9.17, 15) is 0 Å². The van der Waals surface area contributed by atoms with E-state index in [4.69, 9.17) is 4.74 Å². The van der Waals surface area contributed by atoms with Gasteiger partial charge < -0.3 is 4.74 Å². The third-order valence-corrected chi connectivity index (χ3v) is 2.32. The van der Waals surface area contributed by atoms with E-state index in [2.05, 4.69) is 15.3 Å². The van der Waals surface area contributed by atoms with E-state index < -0.39 is 0 Å². The van der Waals surface area contributed by atoms with Gasteiger partial charge in [0.25, 0.3) is 0 Å². The quantitative estimate of drug-likeness (QED) is 0.385. The van der Waals surface area contributed by atoms with Crippen LogP contribution in [-0.2, 0) is 4.74 Å². The van der Waals surface area contributed by atoms with Crippen molar-refractivity contribution in [1.29, 1.82) is 0 Å². The Morgan fingerprint density at radius 1 is 1.47 bits per heavy atom. The van der Waals surface area contributed by atoms with Crippen LogP contribution < -0.4 is 5.01 Å². The van der Waals surface area contributed by atoms with Gasteiger partial charge in [0.05, 0.1) is 21.2 Å². The monoisotopic (exact) mass is 235 g/mol. The molecule has 0 N–H and O–H groups in total. The van der Waals surface area contributed by atoms with Crippen molar-refractivity contribution < 1.29 is 9.31 Å². The molecule has 2 aromatic heterocycles. The first-order valence-electron chi connectivity index (χ1n) is 5.14. The molecule has 0 radical (unpaired) electrons. The molecule has 0 atom stereocenters. The molecular formula is C10H15N6O+. The van der Waals surface area contributed by atoms with E-state index in [1.54, 1.807) is 23.1 Å². The summed E-state index contributed by atoms with van der Waals surface area (Å²) >= 11 is 0. The average molecular weight is 235 g/mol. The Morgan fingerprint density at radius 3 is 2.88 bits per heavy atom. The first kappa shape index (κ1) is 11.3. The van der Waals surface area contributed by atoms with Gasteiger partial charge in [0.15, 0.2) is 0 Å². The number of methoxy groups -OCH3 is 1. The molecule has 0 aliphatic heterocycles. The van der Waals surface area contributed by atoms with Gasteiger partial charge in [-0.05, 0) is 17.3 Å². The number of ether oxygens (including phenoxy) is 1. The maximum Gasteiger partial charge on any atom is 0.471 e. The van der Waals surface area contributed by atoms with Gasteiger partial charge in [0.2, 0.25) is 5.65 Å². The fourth-order valence-corrected chi connectivity index (χ4v) is 1.64. The van der Waals surface area contributed by atoms with Crippen LogP contribution >= 0.6 is 0 Å². The highest BCUT2D eigenvalue weighted by Crippen LogP contribution is 2.06. The number of hydrogen-bond acceptors (Lipinski definition) is 4. The average Bonchev–Trinajstić information content (AvgIpc) is 2.72. The van der Waals surface area contributed by atoms with E-state index in [-0.39, 0.29) is 0 Å². The SMILES string of the molecule is COC(N(C)n1nnc2cccnc21)=[N+](C)C. The minimum absolute atomic E-state index is 0.641. The molecule has 0 aliphatic carbocycles. The molecule has 0 amide bonds. The van der Waals surface area contributed by atoms with E-state index in [0.717, 1.165) is 5.52 Å². The number of hydrogen-bond donors (Lipinski definition) is 0. The van der Waals surface area contributed by atoms with Crippen LogP contribution in [0.1, 0.15) is 0 Å². The minimum atomic E-state index is 0.641. The van der Waals surface area contributed by atoms with Crippen molar-refractivity contribution in [3.8, 4) is 0 Å². The molecule has 0 bridgehead atoms. The maximum absolute atomic E-state index is 5.30. The predicted molar refractivity (Wildman–Crippen MR) is 63.6 cm³/mol. The van der Waals surface area contributed by atoms with Crippen molar-refractivity contribution in [3.63, 3.8) is 0 Å². The molecule has 2 rings (SSSR count). The summed E-state index contributed by atoms with van der Waals surface area (Å²) in [7, 11) is 7.23. The van der Waals surface area contributed by atoms with Gasteiger partial charge in [-0.3, -0.25) is 0 Å². The van der Waals surface area contributed by atoms with Gasteiger partial charge in [0, 0.05) is 6.20 Å². The van der Waals surface area contributed by atoms with Crippen LogP contribution in [0.15, 0.2) is 18.3 Å². The fourth-order valence-electron chi connectivity index (χ4n) is 1.64. The molecule has 2 aromatic rings. The topological polar surface area (TPSA) is 59.1 Å². The molecule has 17 heavy (non-hydrogen) atoms. The largest absolute Gasteiger partial charge is 0.471 e. The van der Waals surface area contributed by atoms with Crippen molar-refractivity contribution in [2.75, 3.05) is 33.3 Å². The molecule has 0 aliphatic rings. The van der Waals surface area contributed by atoms with E-state index in [1.165, 1.54) is 0 Å². The zero-order valence-corrected chi connectivity index (χ0v) is 10.3. The third-order valence-electron chi connectivity index (χ3n) is 2.32. The molecule has 0 aromatic carbocycles. The van der Waals surface area contributed by atoms with E-state index in [1.807, 2.05) is 37.9 Å². The molecule has 0 saturated carbocycles. The smallest absolute Gasteiger partial charge is 0.433 e. The van der Waals surface area contributed by atoms with Crippen molar-refractivity contribution in [2.24, 2.45) is 0 Å². The number of fused-ring (bicyclic) bond motifs is 1. The Kier molecular flexibility index (Phi) is 2.90. The Bertz CT molecular complexity index is 557. The van der Waals surface area contributed by atoms with Crippen molar-refractivity contribution in [3.05, 3.63) is 18.3 Å². The second-order valence-electron chi connectivity index (χ2n) is 3.73. The summed E-state index contributed by atoms with van der Waals surface area (Å²) in [5, 5.41) is 9.82. The number of pyridine rings is 1. The molecule has 0 saturated heterocycles. The molecule has 0 fully saturated rings. The van der Waals surface area contributed by atoms with Crippen molar-refractivity contribution >= 4 is 17.2 Å². The molecular weight excluding hydrogens is 220 g/mol. The lowest BCUT2D eigenvalue weighted by atomic mass is 10.4. The minimum Gasteiger partial charge on any atom is -0.433 e. The molecule has 2 heterocycles. The highest BCUT2D eigenvalue weighted by molar-refractivity contribution is 5.81. The molecule has 0 spiro atoms. The molecule has 7 heteroatoms. The summed E-state index contributed by atoms with van der Waals surface area (Å²) in [6.45, 7) is 0. The second-order valence-corrected chi connectivity index (χ2v) is 3.73. The van der Waals surface area contributed by atoms with Gasteiger partial charge in [-0.15, -0.1) is 10.1 Å². The summed E-state index contributed by atoms with van der Waals surface area (Å²) in [5.41, 5.74) is 1.43. The van der Waals surface area contributed by atoms with Crippen LogP contribution in [0.4, 0.5) is 0 Å². The summed E-state index contributed by atoms with van der Waals surface area (Å²) in [6.07, 6.45) is 1.71. The molecule has 90 valence electrons. The van der Waals surface area contributed by atoms with Crippen LogP contribution in [0.5, 0.6) is 0 Å². The van der Waals surface area contributed by atoms with Crippen molar-refractivity contribution in [2.45, 2.75) is 0 Å². The summed E-state index contributed by atoms with van der Waals surface area (Å²) < 4.78 is 7.14. The highest BCUT2D eigenvalue weighted by Gasteiger charge is 2.23. The van der Waals surface area contributed by atoms with Gasteiger partial charge in [-0.2, -0.15) is 0 Å². The lowest BCUT2D eigenvalue weighted by molar-refractivity contribution is -0.475. The van der Waals surface area contributed by atoms with Crippen LogP contribution in [0, 0.1) is 0 Å². The Morgan fingerprint density at radius 2 is 2.24 bits per heavy atom. The number of amidine groups is 1. The number of nitrogens with zero attached hydrogens (tertiary/aromatic N) is 6. The number of rotatable bonds is 1. The lowest BCUT2D eigenvalue weighted by Gasteiger charge is -2.12. The Hall–Kier alpha value is -2.18. The van der Waals surface area contributed by atoms with Gasteiger partial charge in [-0.1, -0.05) is 4.79 Å². The summed E-state index contributed by atoms with van der Waals surface area (Å²) in [4.78, 5) is 5.84. The summed E-state index contributed by atoms with van der Waals surface area (Å²) in [6, 6.07) is 4.33. The zero-order valence-electron chi connectivity index (χ0n) is 10.3. The highest BCUT2D eigenvalue weighted by atomic mass is 16.5. The van der Waals surface area contributed by atoms with Crippen LogP contribution in [0.25, 0.3) is 11.2 Å². The normalized spacial score (nSPS) is 10.4. The second kappa shape index (κ2) is 4.36. The third kappa shape index (κ3) is 1.91. The molecule has 7 nitrogen and oxygen atoms in total. The first-order valence-corrected chi connectivity index (χ1v) is 5.14.